The lowest BCUT2D eigenvalue weighted by Gasteiger charge is -2.08. The molecule has 3 nitrogen and oxygen atoms in total. The fraction of sp³-hybridized carbons (Fsp3) is 0.462. The molecule has 1 aliphatic rings. The van der Waals surface area contributed by atoms with Gasteiger partial charge in [-0.2, -0.15) is 0 Å². The third kappa shape index (κ3) is 2.42. The van der Waals surface area contributed by atoms with Crippen LogP contribution in [-0.4, -0.2) is 25.1 Å². The summed E-state index contributed by atoms with van der Waals surface area (Å²) >= 11 is 0. The lowest BCUT2D eigenvalue weighted by molar-refractivity contribution is 0.0643. The maximum Gasteiger partial charge on any atom is 0.191 e. The van der Waals surface area contributed by atoms with Crippen molar-refractivity contribution >= 4 is 5.78 Å². The summed E-state index contributed by atoms with van der Waals surface area (Å²) in [5.41, 5.74) is 0.704. The summed E-state index contributed by atoms with van der Waals surface area (Å²) in [7, 11) is 0. The van der Waals surface area contributed by atoms with Crippen molar-refractivity contribution in [2.24, 2.45) is 0 Å². The van der Waals surface area contributed by atoms with Gasteiger partial charge in [0.15, 0.2) is 5.78 Å². The highest BCUT2D eigenvalue weighted by molar-refractivity contribution is 5.99. The highest BCUT2D eigenvalue weighted by Crippen LogP contribution is 2.19. The molecule has 1 atom stereocenters. The zero-order valence-electron chi connectivity index (χ0n) is 9.44. The molecule has 0 amide bonds. The summed E-state index contributed by atoms with van der Waals surface area (Å²) < 4.78 is 10.7. The molecule has 1 unspecified atom stereocenters. The van der Waals surface area contributed by atoms with E-state index in [9.17, 15) is 4.79 Å². The monoisotopic (exact) mass is 220 g/mol. The van der Waals surface area contributed by atoms with Crippen molar-refractivity contribution in [3.8, 4) is 5.75 Å². The van der Waals surface area contributed by atoms with Gasteiger partial charge in [0.1, 0.15) is 11.9 Å². The fourth-order valence-electron chi connectivity index (χ4n) is 1.85. The van der Waals surface area contributed by atoms with Crippen LogP contribution in [0.1, 0.15) is 30.1 Å². The van der Waals surface area contributed by atoms with Crippen LogP contribution in [0.2, 0.25) is 0 Å². The first-order chi connectivity index (χ1) is 7.81. The molecule has 1 aliphatic heterocycles. The van der Waals surface area contributed by atoms with E-state index in [1.54, 1.807) is 12.1 Å². The van der Waals surface area contributed by atoms with E-state index in [0.717, 1.165) is 18.6 Å². The Bertz CT molecular complexity index is 350. The Balaban J connectivity index is 2.05. The van der Waals surface area contributed by atoms with Gasteiger partial charge in [-0.3, -0.25) is 4.79 Å². The third-order valence-electron chi connectivity index (χ3n) is 2.67. The summed E-state index contributed by atoms with van der Waals surface area (Å²) in [6, 6.07) is 7.25. The third-order valence-corrected chi connectivity index (χ3v) is 2.67. The van der Waals surface area contributed by atoms with E-state index in [-0.39, 0.29) is 11.9 Å². The smallest absolute Gasteiger partial charge is 0.191 e. The van der Waals surface area contributed by atoms with Crippen molar-refractivity contribution in [2.75, 3.05) is 13.2 Å². The van der Waals surface area contributed by atoms with E-state index in [1.807, 2.05) is 19.1 Å². The van der Waals surface area contributed by atoms with Crippen LogP contribution < -0.4 is 4.74 Å². The largest absolute Gasteiger partial charge is 0.494 e. The standard InChI is InChI=1S/C13H16O3/c1-2-15-11-7-5-10(6-8-11)13(14)12-4-3-9-16-12/h5-8,12H,2-4,9H2,1H3. The molecule has 1 aromatic rings. The van der Waals surface area contributed by atoms with Gasteiger partial charge in [-0.05, 0) is 44.0 Å². The topological polar surface area (TPSA) is 35.5 Å². The maximum atomic E-state index is 12.0. The first-order valence-electron chi connectivity index (χ1n) is 5.70. The highest BCUT2D eigenvalue weighted by atomic mass is 16.5. The highest BCUT2D eigenvalue weighted by Gasteiger charge is 2.24. The fourth-order valence-corrected chi connectivity index (χ4v) is 1.85. The maximum absolute atomic E-state index is 12.0. The molecule has 0 radical (unpaired) electrons. The molecule has 0 spiro atoms. The van der Waals surface area contributed by atoms with Gasteiger partial charge in [0, 0.05) is 12.2 Å². The van der Waals surface area contributed by atoms with Gasteiger partial charge in [-0.25, -0.2) is 0 Å². The minimum absolute atomic E-state index is 0.0838. The van der Waals surface area contributed by atoms with Gasteiger partial charge in [0.25, 0.3) is 0 Å². The second-order valence-electron chi connectivity index (χ2n) is 3.82. The number of ketones is 1. The Morgan fingerprint density at radius 1 is 1.44 bits per heavy atom. The number of rotatable bonds is 4. The van der Waals surface area contributed by atoms with Crippen molar-refractivity contribution < 1.29 is 14.3 Å². The van der Waals surface area contributed by atoms with Crippen molar-refractivity contribution in [3.05, 3.63) is 29.8 Å². The summed E-state index contributed by atoms with van der Waals surface area (Å²) in [5, 5.41) is 0. The molecule has 1 heterocycles. The van der Waals surface area contributed by atoms with Gasteiger partial charge < -0.3 is 9.47 Å². The molecule has 1 fully saturated rings. The van der Waals surface area contributed by atoms with Gasteiger partial charge in [0.05, 0.1) is 6.61 Å². The molecule has 86 valence electrons. The van der Waals surface area contributed by atoms with E-state index in [0.29, 0.717) is 18.8 Å². The van der Waals surface area contributed by atoms with Crippen LogP contribution in [0, 0.1) is 0 Å². The summed E-state index contributed by atoms with van der Waals surface area (Å²) in [6.07, 6.45) is 1.58. The molecule has 16 heavy (non-hydrogen) atoms. The number of carbonyl (C=O) groups is 1. The molecule has 3 heteroatoms. The molecular weight excluding hydrogens is 204 g/mol. The minimum Gasteiger partial charge on any atom is -0.494 e. The van der Waals surface area contributed by atoms with Crippen LogP contribution in [0.25, 0.3) is 0 Å². The van der Waals surface area contributed by atoms with Crippen LogP contribution in [0.3, 0.4) is 0 Å². The van der Waals surface area contributed by atoms with Crippen LogP contribution in [-0.2, 0) is 4.74 Å². The lowest BCUT2D eigenvalue weighted by Crippen LogP contribution is -2.19. The van der Waals surface area contributed by atoms with Gasteiger partial charge in [0.2, 0.25) is 0 Å². The molecule has 0 saturated carbocycles. The number of carbonyl (C=O) groups excluding carboxylic acids is 1. The normalized spacial score (nSPS) is 19.7. The number of Topliss-reactive ketones (excluding diaryl/α,β-unsaturated/α-hetero) is 1. The first kappa shape index (κ1) is 11.1. The van der Waals surface area contributed by atoms with E-state index in [1.165, 1.54) is 0 Å². The molecule has 0 aliphatic carbocycles. The number of hydrogen-bond acceptors (Lipinski definition) is 3. The molecular formula is C13H16O3. The van der Waals surface area contributed by atoms with E-state index in [4.69, 9.17) is 9.47 Å². The quantitative estimate of drug-likeness (QED) is 0.731. The van der Waals surface area contributed by atoms with E-state index >= 15 is 0 Å². The SMILES string of the molecule is CCOc1ccc(C(=O)C2CCCO2)cc1. The summed E-state index contributed by atoms with van der Waals surface area (Å²) in [6.45, 7) is 3.28. The predicted octanol–water partition coefficient (Wildman–Crippen LogP) is 2.45. The van der Waals surface area contributed by atoms with Crippen molar-refractivity contribution in [1.82, 2.24) is 0 Å². The van der Waals surface area contributed by atoms with Gasteiger partial charge in [-0.15, -0.1) is 0 Å². The Morgan fingerprint density at radius 3 is 2.75 bits per heavy atom. The van der Waals surface area contributed by atoms with Crippen molar-refractivity contribution in [2.45, 2.75) is 25.9 Å². The van der Waals surface area contributed by atoms with Crippen LogP contribution in [0.5, 0.6) is 5.75 Å². The molecule has 0 bridgehead atoms. The lowest BCUT2D eigenvalue weighted by atomic mass is 10.0. The predicted molar refractivity (Wildman–Crippen MR) is 60.9 cm³/mol. The second kappa shape index (κ2) is 5.12. The van der Waals surface area contributed by atoms with Crippen LogP contribution >= 0.6 is 0 Å². The summed E-state index contributed by atoms with van der Waals surface area (Å²) in [5.74, 6) is 0.881. The van der Waals surface area contributed by atoms with Gasteiger partial charge in [-0.1, -0.05) is 0 Å². The Kier molecular flexibility index (Phi) is 3.57. The molecule has 0 aromatic heterocycles. The Labute approximate surface area is 95.4 Å². The number of benzene rings is 1. The zero-order valence-corrected chi connectivity index (χ0v) is 9.44. The van der Waals surface area contributed by atoms with Gasteiger partial charge >= 0.3 is 0 Å². The summed E-state index contributed by atoms with van der Waals surface area (Å²) in [4.78, 5) is 12.0. The van der Waals surface area contributed by atoms with Crippen molar-refractivity contribution in [3.63, 3.8) is 0 Å². The van der Waals surface area contributed by atoms with Crippen LogP contribution in [0.4, 0.5) is 0 Å². The van der Waals surface area contributed by atoms with E-state index < -0.39 is 0 Å². The average Bonchev–Trinajstić information content (AvgIpc) is 2.83. The number of ether oxygens (including phenoxy) is 2. The van der Waals surface area contributed by atoms with Crippen LogP contribution in [0.15, 0.2) is 24.3 Å². The second-order valence-corrected chi connectivity index (χ2v) is 3.82. The zero-order chi connectivity index (χ0) is 11.4. The Hall–Kier alpha value is -1.35. The Morgan fingerprint density at radius 2 is 2.19 bits per heavy atom. The minimum atomic E-state index is -0.238. The molecule has 1 aromatic carbocycles. The van der Waals surface area contributed by atoms with Crippen molar-refractivity contribution in [1.29, 1.82) is 0 Å². The molecule has 2 rings (SSSR count). The van der Waals surface area contributed by atoms with E-state index in [2.05, 4.69) is 0 Å². The molecule has 0 N–H and O–H groups in total. The number of hydrogen-bond donors (Lipinski definition) is 0. The first-order valence-corrected chi connectivity index (χ1v) is 5.70. The molecule has 1 saturated heterocycles. The average molecular weight is 220 g/mol.